The average Bonchev–Trinajstić information content (AvgIpc) is 3.42. The van der Waals surface area contributed by atoms with Crippen molar-refractivity contribution in [3.05, 3.63) is 40.3 Å². The molecule has 0 bridgehead atoms. The molecule has 0 atom stereocenters. The summed E-state index contributed by atoms with van der Waals surface area (Å²) in [6, 6.07) is 6.05. The lowest BCUT2D eigenvalue weighted by Gasteiger charge is -2.13. The fraction of sp³-hybridized carbons (Fsp3) is 0.333. The van der Waals surface area contributed by atoms with E-state index in [1.165, 1.54) is 35.5 Å². The molecule has 2 heterocycles. The normalized spacial score (nSPS) is 13.0. The third-order valence-corrected chi connectivity index (χ3v) is 8.46. The van der Waals surface area contributed by atoms with E-state index in [2.05, 4.69) is 24.1 Å². The van der Waals surface area contributed by atoms with Crippen LogP contribution in [0.4, 0.5) is 16.5 Å². The topological polar surface area (TPSA) is 132 Å². The summed E-state index contributed by atoms with van der Waals surface area (Å²) in [5.41, 5.74) is 2.17. The number of thiophene rings is 1. The van der Waals surface area contributed by atoms with Gasteiger partial charge < -0.3 is 20.1 Å². The number of fused-ring (bicyclic) bond motifs is 1. The number of ether oxygens (including phenoxy) is 2. The maximum atomic E-state index is 12.7. The minimum atomic E-state index is -3.88. The summed E-state index contributed by atoms with van der Waals surface area (Å²) in [7, 11) is -2.50. The molecule has 10 nitrogen and oxygen atoms in total. The van der Waals surface area contributed by atoms with Crippen molar-refractivity contribution >= 4 is 72.9 Å². The average molecular weight is 554 g/mol. The number of thiocarbonyl (C=S) groups is 1. The molecule has 14 heteroatoms. The zero-order chi connectivity index (χ0) is 25.0. The lowest BCUT2D eigenvalue weighted by Crippen LogP contribution is -2.20. The van der Waals surface area contributed by atoms with E-state index in [9.17, 15) is 13.2 Å². The van der Waals surface area contributed by atoms with Gasteiger partial charge in [-0.2, -0.15) is 4.37 Å². The van der Waals surface area contributed by atoms with Crippen LogP contribution in [0.1, 0.15) is 40.6 Å². The van der Waals surface area contributed by atoms with Crippen LogP contribution in [0.25, 0.3) is 0 Å². The molecule has 0 spiro atoms. The molecule has 3 N–H and O–H groups in total. The molecule has 186 valence electrons. The molecule has 1 aliphatic rings. The highest BCUT2D eigenvalue weighted by Crippen LogP contribution is 2.38. The van der Waals surface area contributed by atoms with E-state index in [-0.39, 0.29) is 27.7 Å². The summed E-state index contributed by atoms with van der Waals surface area (Å²) in [4.78, 5) is 13.8. The van der Waals surface area contributed by atoms with Crippen molar-refractivity contribution in [1.82, 2.24) is 8.75 Å². The highest BCUT2D eigenvalue weighted by atomic mass is 32.2. The largest absolute Gasteiger partial charge is 0.478 e. The Bertz CT molecular complexity index is 1330. The van der Waals surface area contributed by atoms with Crippen LogP contribution in [-0.2, 0) is 27.6 Å². The number of benzene rings is 1. The van der Waals surface area contributed by atoms with Crippen molar-refractivity contribution in [2.24, 2.45) is 0 Å². The number of nitrogens with one attached hydrogen (secondary N) is 3. The number of nitrogens with zero attached hydrogens (tertiary/aromatic N) is 2. The van der Waals surface area contributed by atoms with Crippen molar-refractivity contribution in [3.63, 3.8) is 0 Å². The van der Waals surface area contributed by atoms with Crippen LogP contribution >= 0.6 is 35.3 Å². The second kappa shape index (κ2) is 10.8. The number of methoxy groups -OCH3 is 1. The lowest BCUT2D eigenvalue weighted by atomic mass is 9.95. The number of hydrogen-bond acceptors (Lipinski definition) is 10. The summed E-state index contributed by atoms with van der Waals surface area (Å²) in [6.07, 6.45) is 3.90. The zero-order valence-electron chi connectivity index (χ0n) is 18.9. The van der Waals surface area contributed by atoms with Gasteiger partial charge in [0.05, 0.1) is 35.9 Å². The predicted octanol–water partition coefficient (Wildman–Crippen LogP) is 4.27. The van der Waals surface area contributed by atoms with Crippen LogP contribution in [0.2, 0.25) is 0 Å². The summed E-state index contributed by atoms with van der Waals surface area (Å²) < 4.78 is 45.7. The van der Waals surface area contributed by atoms with Gasteiger partial charge in [0, 0.05) is 10.6 Å². The molecule has 0 saturated carbocycles. The lowest BCUT2D eigenvalue weighted by molar-refractivity contribution is 0.0526. The highest BCUT2D eigenvalue weighted by molar-refractivity contribution is 7.92. The van der Waals surface area contributed by atoms with Crippen LogP contribution in [0, 0.1) is 0 Å². The molecule has 0 amide bonds. The first-order valence-corrected chi connectivity index (χ1v) is 14.1. The van der Waals surface area contributed by atoms with E-state index in [0.29, 0.717) is 22.9 Å². The van der Waals surface area contributed by atoms with E-state index in [4.69, 9.17) is 21.7 Å². The fourth-order valence-corrected chi connectivity index (χ4v) is 6.72. The second-order valence-electron chi connectivity index (χ2n) is 7.47. The quantitative estimate of drug-likeness (QED) is 0.274. The van der Waals surface area contributed by atoms with Crippen LogP contribution in [0.15, 0.2) is 29.2 Å². The molecule has 1 aliphatic carbocycles. The first kappa shape index (κ1) is 25.3. The van der Waals surface area contributed by atoms with Crippen LogP contribution in [-0.4, -0.2) is 42.0 Å². The summed E-state index contributed by atoms with van der Waals surface area (Å²) in [5, 5.41) is 7.09. The van der Waals surface area contributed by atoms with E-state index >= 15 is 0 Å². The molecule has 0 radical (unpaired) electrons. The Hall–Kier alpha value is -2.81. The van der Waals surface area contributed by atoms with Gasteiger partial charge in [-0.1, -0.05) is 0 Å². The first-order valence-electron chi connectivity index (χ1n) is 10.7. The fourth-order valence-electron chi connectivity index (χ4n) is 3.62. The molecule has 0 unspecified atom stereocenters. The Labute approximate surface area is 216 Å². The monoisotopic (exact) mass is 553 g/mol. The number of esters is 1. The van der Waals surface area contributed by atoms with Crippen LogP contribution in [0.3, 0.4) is 0 Å². The Balaban J connectivity index is 1.46. The van der Waals surface area contributed by atoms with Crippen molar-refractivity contribution in [2.75, 3.05) is 29.1 Å². The molecular weight excluding hydrogens is 531 g/mol. The zero-order valence-corrected chi connectivity index (χ0v) is 22.2. The van der Waals surface area contributed by atoms with Gasteiger partial charge >= 0.3 is 5.97 Å². The maximum Gasteiger partial charge on any atom is 0.341 e. The van der Waals surface area contributed by atoms with Crippen LogP contribution in [0.5, 0.6) is 5.88 Å². The Morgan fingerprint density at radius 3 is 2.60 bits per heavy atom. The van der Waals surface area contributed by atoms with Gasteiger partial charge in [-0.05, 0) is 74.7 Å². The number of aryl methyl sites for hydroxylation is 1. The molecule has 3 aromatic rings. The van der Waals surface area contributed by atoms with Gasteiger partial charge in [-0.15, -0.1) is 15.7 Å². The van der Waals surface area contributed by atoms with Gasteiger partial charge in [0.25, 0.3) is 15.9 Å². The number of hydrogen-bond donors (Lipinski definition) is 3. The first-order chi connectivity index (χ1) is 16.8. The van der Waals surface area contributed by atoms with E-state index < -0.39 is 10.0 Å². The number of carbonyl (C=O) groups is 1. The third-order valence-electron chi connectivity index (χ3n) is 5.18. The second-order valence-corrected chi connectivity index (χ2v) is 11.2. The van der Waals surface area contributed by atoms with Gasteiger partial charge in [0.15, 0.2) is 5.11 Å². The predicted molar refractivity (Wildman–Crippen MR) is 140 cm³/mol. The van der Waals surface area contributed by atoms with Gasteiger partial charge in [0.1, 0.15) is 5.00 Å². The van der Waals surface area contributed by atoms with Crippen LogP contribution < -0.4 is 20.1 Å². The molecule has 2 aromatic heterocycles. The van der Waals surface area contributed by atoms with Crippen molar-refractivity contribution in [1.29, 1.82) is 0 Å². The van der Waals surface area contributed by atoms with Crippen molar-refractivity contribution in [2.45, 2.75) is 37.5 Å². The summed E-state index contributed by atoms with van der Waals surface area (Å²) in [5.74, 6) is -0.224. The number of carbonyl (C=O) groups excluding carboxylic acids is 1. The minimum Gasteiger partial charge on any atom is -0.478 e. The summed E-state index contributed by atoms with van der Waals surface area (Å²) in [6.45, 7) is 2.07. The van der Waals surface area contributed by atoms with Gasteiger partial charge in [-0.25, -0.2) is 13.2 Å². The number of sulfonamides is 1. The van der Waals surface area contributed by atoms with E-state index in [1.54, 1.807) is 19.1 Å². The maximum absolute atomic E-state index is 12.7. The molecule has 1 aromatic carbocycles. The van der Waals surface area contributed by atoms with Gasteiger partial charge in [-0.3, -0.25) is 4.72 Å². The van der Waals surface area contributed by atoms with E-state index in [1.807, 2.05) is 0 Å². The molecule has 0 saturated heterocycles. The SMILES string of the molecule is CCOC(=O)c1c(NC(=S)Nc2ccc(S(=O)(=O)Nc3nsnc3OC)cc2)sc2c1CCCC2. The Kier molecular flexibility index (Phi) is 7.84. The van der Waals surface area contributed by atoms with Crippen molar-refractivity contribution in [3.8, 4) is 5.88 Å². The number of anilines is 3. The minimum absolute atomic E-state index is 0.0288. The van der Waals surface area contributed by atoms with E-state index in [0.717, 1.165) is 43.0 Å². The third kappa shape index (κ3) is 5.72. The molecule has 4 rings (SSSR count). The highest BCUT2D eigenvalue weighted by Gasteiger charge is 2.27. The number of aromatic nitrogens is 2. The number of rotatable bonds is 8. The molecule has 35 heavy (non-hydrogen) atoms. The molecule has 0 aliphatic heterocycles. The smallest absolute Gasteiger partial charge is 0.341 e. The Morgan fingerprint density at radius 2 is 1.89 bits per heavy atom. The summed E-state index contributed by atoms with van der Waals surface area (Å²) >= 11 is 7.81. The van der Waals surface area contributed by atoms with Crippen molar-refractivity contribution < 1.29 is 22.7 Å². The Morgan fingerprint density at radius 1 is 1.14 bits per heavy atom. The standard InChI is InChI=1S/C21H23N5O5S4/c1-3-31-20(27)16-14-6-4-5-7-15(14)33-19(16)23-21(32)22-12-8-10-13(11-9-12)35(28,29)26-17-18(30-2)25-34-24-17/h8-11H,3-7H2,1-2H3,(H,24,26)(H2,22,23,32). The van der Waals surface area contributed by atoms with Gasteiger partial charge in [0.2, 0.25) is 5.82 Å². The molecule has 0 fully saturated rings. The molecular formula is C21H23N5O5S4.